The molecule has 0 amide bonds. The minimum atomic E-state index is 0.421. The van der Waals surface area contributed by atoms with E-state index in [0.29, 0.717) is 11.8 Å². The highest BCUT2D eigenvalue weighted by Gasteiger charge is 2.08. The second-order valence-corrected chi connectivity index (χ2v) is 7.88. The number of nitrogens with zero attached hydrogens (tertiary/aromatic N) is 2. The number of hydrogen-bond donors (Lipinski definition) is 1. The van der Waals surface area contributed by atoms with E-state index in [0.717, 1.165) is 32.4 Å². The van der Waals surface area contributed by atoms with Crippen molar-refractivity contribution >= 4 is 55.0 Å². The van der Waals surface area contributed by atoms with Crippen LogP contribution >= 0.6 is 43.6 Å². The predicted molar refractivity (Wildman–Crippen MR) is 115 cm³/mol. The molecule has 0 aliphatic heterocycles. The summed E-state index contributed by atoms with van der Waals surface area (Å²) in [6, 6.07) is 14.0. The maximum absolute atomic E-state index is 5.91. The number of nitrogens with two attached hydrogens (primary N) is 1. The quantitative estimate of drug-likeness (QED) is 0.317. The van der Waals surface area contributed by atoms with E-state index in [9.17, 15) is 0 Å². The Morgan fingerprint density at radius 1 is 1.24 bits per heavy atom. The third-order valence-electron chi connectivity index (χ3n) is 3.07. The zero-order valence-corrected chi connectivity index (χ0v) is 17.8. The van der Waals surface area contributed by atoms with E-state index in [-0.39, 0.29) is 0 Å². The summed E-state index contributed by atoms with van der Waals surface area (Å²) in [6.45, 7) is 2.70. The topological polar surface area (TPSA) is 60.0 Å². The molecule has 2 N–H and O–H groups in total. The molecule has 7 heteroatoms. The molecule has 132 valence electrons. The number of halogens is 2. The van der Waals surface area contributed by atoms with Crippen LogP contribution in [0.2, 0.25) is 0 Å². The van der Waals surface area contributed by atoms with Gasteiger partial charge in [0.05, 0.1) is 17.3 Å². The van der Waals surface area contributed by atoms with Gasteiger partial charge in [0.15, 0.2) is 5.17 Å². The fourth-order valence-corrected chi connectivity index (χ4v) is 3.93. The Labute approximate surface area is 169 Å². The van der Waals surface area contributed by atoms with Crippen LogP contribution in [0.25, 0.3) is 0 Å². The van der Waals surface area contributed by atoms with Crippen LogP contribution in [-0.4, -0.2) is 18.0 Å². The van der Waals surface area contributed by atoms with Gasteiger partial charge in [-0.2, -0.15) is 5.10 Å². The lowest BCUT2D eigenvalue weighted by atomic mass is 10.2. The number of thioether (sulfide) groups is 1. The van der Waals surface area contributed by atoms with Gasteiger partial charge in [-0.25, -0.2) is 0 Å². The number of amidine groups is 1. The van der Waals surface area contributed by atoms with Crippen LogP contribution < -0.4 is 10.5 Å². The Kier molecular flexibility index (Phi) is 8.51. The first-order chi connectivity index (χ1) is 12.1. The van der Waals surface area contributed by atoms with E-state index in [1.807, 2.05) is 30.3 Å². The van der Waals surface area contributed by atoms with Crippen LogP contribution in [0, 0.1) is 0 Å². The molecule has 25 heavy (non-hydrogen) atoms. The first-order valence-electron chi connectivity index (χ1n) is 7.75. The van der Waals surface area contributed by atoms with Crippen LogP contribution in [0.4, 0.5) is 0 Å². The molecule has 0 atom stereocenters. The SMILES string of the molecule is CCCOc1c(Br)cc(Br)cc1C=NN=C(N)SCc1ccccc1. The molecule has 0 saturated heterocycles. The molecule has 0 fully saturated rings. The van der Waals surface area contributed by atoms with Crippen LogP contribution in [0.15, 0.2) is 61.6 Å². The first kappa shape index (κ1) is 20.0. The van der Waals surface area contributed by atoms with Crippen LogP contribution in [0.3, 0.4) is 0 Å². The Bertz CT molecular complexity index is 751. The Balaban J connectivity index is 2.04. The standard InChI is InChI=1S/C18H19Br2N3OS/c1-2-8-24-17-14(9-15(19)10-16(17)20)11-22-23-18(21)25-12-13-6-4-3-5-7-13/h3-7,9-11H,2,8,12H2,1H3,(H2,21,23). The minimum absolute atomic E-state index is 0.421. The molecule has 0 spiro atoms. The minimum Gasteiger partial charge on any atom is -0.492 e. The zero-order valence-electron chi connectivity index (χ0n) is 13.8. The first-order valence-corrected chi connectivity index (χ1v) is 10.3. The summed E-state index contributed by atoms with van der Waals surface area (Å²) in [5.41, 5.74) is 7.94. The molecular formula is C18H19Br2N3OS. The van der Waals surface area contributed by atoms with Crippen molar-refractivity contribution < 1.29 is 4.74 Å². The Morgan fingerprint density at radius 2 is 2.00 bits per heavy atom. The van der Waals surface area contributed by atoms with Crippen molar-refractivity contribution in [2.75, 3.05) is 6.61 Å². The molecule has 0 aromatic heterocycles. The van der Waals surface area contributed by atoms with E-state index >= 15 is 0 Å². The van der Waals surface area contributed by atoms with E-state index in [1.165, 1.54) is 17.3 Å². The van der Waals surface area contributed by atoms with Crippen LogP contribution in [0.1, 0.15) is 24.5 Å². The summed E-state index contributed by atoms with van der Waals surface area (Å²) in [4.78, 5) is 0. The van der Waals surface area contributed by atoms with Crippen molar-refractivity contribution in [3.05, 3.63) is 62.5 Å². The van der Waals surface area contributed by atoms with Gasteiger partial charge in [0.1, 0.15) is 5.75 Å². The molecule has 0 radical (unpaired) electrons. The summed E-state index contributed by atoms with van der Waals surface area (Å²) in [5.74, 6) is 1.51. The molecule has 2 aromatic carbocycles. The molecule has 0 aliphatic rings. The predicted octanol–water partition coefficient (Wildman–Crippen LogP) is 5.58. The highest BCUT2D eigenvalue weighted by Crippen LogP contribution is 2.32. The second-order valence-electron chi connectivity index (χ2n) is 5.11. The molecule has 0 bridgehead atoms. The van der Waals surface area contributed by atoms with Gasteiger partial charge >= 0.3 is 0 Å². The second kappa shape index (κ2) is 10.6. The van der Waals surface area contributed by atoms with E-state index in [2.05, 4.69) is 61.1 Å². The van der Waals surface area contributed by atoms with Gasteiger partial charge in [-0.3, -0.25) is 0 Å². The molecule has 4 nitrogen and oxygen atoms in total. The highest BCUT2D eigenvalue weighted by molar-refractivity contribution is 9.11. The lowest BCUT2D eigenvalue weighted by molar-refractivity contribution is 0.315. The third-order valence-corrected chi connectivity index (χ3v) is 4.97. The van der Waals surface area contributed by atoms with Crippen molar-refractivity contribution in [3.8, 4) is 5.75 Å². The summed E-state index contributed by atoms with van der Waals surface area (Å²) < 4.78 is 7.59. The molecule has 0 saturated carbocycles. The van der Waals surface area contributed by atoms with E-state index < -0.39 is 0 Å². The summed E-state index contributed by atoms with van der Waals surface area (Å²) >= 11 is 8.45. The highest BCUT2D eigenvalue weighted by atomic mass is 79.9. The van der Waals surface area contributed by atoms with Crippen molar-refractivity contribution in [3.63, 3.8) is 0 Å². The van der Waals surface area contributed by atoms with Crippen molar-refractivity contribution in [2.45, 2.75) is 19.1 Å². The van der Waals surface area contributed by atoms with Gasteiger partial charge in [0.2, 0.25) is 0 Å². The lowest BCUT2D eigenvalue weighted by Crippen LogP contribution is -2.06. The molecule has 2 rings (SSSR count). The normalized spacial score (nSPS) is 11.9. The maximum Gasteiger partial charge on any atom is 0.180 e. The van der Waals surface area contributed by atoms with Gasteiger partial charge in [0, 0.05) is 15.8 Å². The van der Waals surface area contributed by atoms with Gasteiger partial charge < -0.3 is 10.5 Å². The summed E-state index contributed by atoms with van der Waals surface area (Å²) in [5, 5.41) is 8.58. The average molecular weight is 485 g/mol. The fourth-order valence-electron chi connectivity index (χ4n) is 1.94. The van der Waals surface area contributed by atoms with Crippen molar-refractivity contribution in [1.29, 1.82) is 0 Å². The molecule has 0 heterocycles. The Morgan fingerprint density at radius 3 is 2.72 bits per heavy atom. The van der Waals surface area contributed by atoms with Gasteiger partial charge in [-0.05, 0) is 40.0 Å². The maximum atomic E-state index is 5.91. The van der Waals surface area contributed by atoms with Crippen LogP contribution in [0.5, 0.6) is 5.75 Å². The summed E-state index contributed by atoms with van der Waals surface area (Å²) in [7, 11) is 0. The molecule has 2 aromatic rings. The Hall–Kier alpha value is -1.31. The van der Waals surface area contributed by atoms with Gasteiger partial charge in [-0.1, -0.05) is 64.9 Å². The molecular weight excluding hydrogens is 466 g/mol. The van der Waals surface area contributed by atoms with Crippen molar-refractivity contribution in [2.24, 2.45) is 15.9 Å². The molecule has 0 unspecified atom stereocenters. The number of hydrogen-bond acceptors (Lipinski definition) is 4. The largest absolute Gasteiger partial charge is 0.492 e. The van der Waals surface area contributed by atoms with Crippen molar-refractivity contribution in [1.82, 2.24) is 0 Å². The zero-order chi connectivity index (χ0) is 18.1. The average Bonchev–Trinajstić information content (AvgIpc) is 2.60. The lowest BCUT2D eigenvalue weighted by Gasteiger charge is -2.10. The van der Waals surface area contributed by atoms with E-state index in [4.69, 9.17) is 10.5 Å². The van der Waals surface area contributed by atoms with Crippen LogP contribution in [-0.2, 0) is 5.75 Å². The smallest absolute Gasteiger partial charge is 0.180 e. The van der Waals surface area contributed by atoms with Gasteiger partial charge in [-0.15, -0.1) is 5.10 Å². The monoisotopic (exact) mass is 483 g/mol. The summed E-state index contributed by atoms with van der Waals surface area (Å²) in [6.07, 6.45) is 2.58. The number of ether oxygens (including phenoxy) is 1. The van der Waals surface area contributed by atoms with E-state index in [1.54, 1.807) is 6.21 Å². The van der Waals surface area contributed by atoms with Gasteiger partial charge in [0.25, 0.3) is 0 Å². The third kappa shape index (κ3) is 6.84. The fraction of sp³-hybridized carbons (Fsp3) is 0.222. The number of rotatable bonds is 7. The molecule has 0 aliphatic carbocycles. The number of benzene rings is 2.